The van der Waals surface area contributed by atoms with E-state index in [-0.39, 0.29) is 11.9 Å². The van der Waals surface area contributed by atoms with E-state index < -0.39 is 0 Å². The first-order chi connectivity index (χ1) is 13.4. The number of nitrogens with zero attached hydrogens (tertiary/aromatic N) is 1. The SMILES string of the molecule is COc1ccc([C@H]2CCCN2CC(=O)Nc2c(C)cc(C)cc2Cl)c(OC)c1. The Kier molecular flexibility index (Phi) is 6.47. The molecule has 1 amide bonds. The Morgan fingerprint density at radius 1 is 1.21 bits per heavy atom. The number of ether oxygens (including phenoxy) is 2. The van der Waals surface area contributed by atoms with Gasteiger partial charge in [-0.2, -0.15) is 0 Å². The number of likely N-dealkylation sites (tertiary alicyclic amines) is 1. The number of carbonyl (C=O) groups is 1. The molecular formula is C22H27ClN2O3. The van der Waals surface area contributed by atoms with Crippen LogP contribution in [-0.2, 0) is 4.79 Å². The number of hydrogen-bond donors (Lipinski definition) is 1. The number of nitrogens with one attached hydrogen (secondary N) is 1. The van der Waals surface area contributed by atoms with Gasteiger partial charge in [0.25, 0.3) is 0 Å². The zero-order chi connectivity index (χ0) is 20.3. The van der Waals surface area contributed by atoms with Crippen LogP contribution in [0.5, 0.6) is 11.5 Å². The molecule has 3 rings (SSSR count). The van der Waals surface area contributed by atoms with Gasteiger partial charge in [-0.3, -0.25) is 9.69 Å². The van der Waals surface area contributed by atoms with E-state index in [2.05, 4.69) is 10.2 Å². The van der Waals surface area contributed by atoms with Crippen LogP contribution in [0, 0.1) is 13.8 Å². The van der Waals surface area contributed by atoms with E-state index >= 15 is 0 Å². The van der Waals surface area contributed by atoms with E-state index in [1.54, 1.807) is 14.2 Å². The summed E-state index contributed by atoms with van der Waals surface area (Å²) in [6, 6.07) is 9.87. The Morgan fingerprint density at radius 3 is 2.68 bits per heavy atom. The van der Waals surface area contributed by atoms with E-state index in [9.17, 15) is 4.79 Å². The molecule has 1 aliphatic heterocycles. The van der Waals surface area contributed by atoms with E-state index in [1.165, 1.54) is 0 Å². The lowest BCUT2D eigenvalue weighted by molar-refractivity contribution is -0.117. The Morgan fingerprint density at radius 2 is 2.00 bits per heavy atom. The summed E-state index contributed by atoms with van der Waals surface area (Å²) in [5.41, 5.74) is 3.81. The van der Waals surface area contributed by atoms with Crippen LogP contribution in [-0.4, -0.2) is 38.1 Å². The summed E-state index contributed by atoms with van der Waals surface area (Å²) in [5, 5.41) is 3.56. The first kappa shape index (κ1) is 20.5. The van der Waals surface area contributed by atoms with Crippen LogP contribution >= 0.6 is 11.6 Å². The minimum Gasteiger partial charge on any atom is -0.497 e. The maximum Gasteiger partial charge on any atom is 0.238 e. The number of halogens is 1. The lowest BCUT2D eigenvalue weighted by atomic mass is 10.0. The van der Waals surface area contributed by atoms with Crippen molar-refractivity contribution >= 4 is 23.2 Å². The van der Waals surface area contributed by atoms with Crippen molar-refractivity contribution in [2.24, 2.45) is 0 Å². The summed E-state index contributed by atoms with van der Waals surface area (Å²) in [5.74, 6) is 1.48. The molecule has 0 radical (unpaired) electrons. The monoisotopic (exact) mass is 402 g/mol. The van der Waals surface area contributed by atoms with E-state index in [0.717, 1.165) is 47.6 Å². The van der Waals surface area contributed by atoms with Gasteiger partial charge in [-0.1, -0.05) is 23.7 Å². The van der Waals surface area contributed by atoms with Gasteiger partial charge in [0.2, 0.25) is 5.91 Å². The fourth-order valence-electron chi connectivity index (χ4n) is 3.90. The highest BCUT2D eigenvalue weighted by Gasteiger charge is 2.30. The predicted molar refractivity (Wildman–Crippen MR) is 113 cm³/mol. The van der Waals surface area contributed by atoms with Gasteiger partial charge in [0.05, 0.1) is 31.5 Å². The third kappa shape index (κ3) is 4.42. The Bertz CT molecular complexity index is 846. The third-order valence-corrected chi connectivity index (χ3v) is 5.50. The van der Waals surface area contributed by atoms with Crippen LogP contribution in [0.3, 0.4) is 0 Å². The average molecular weight is 403 g/mol. The molecule has 2 aromatic rings. The highest BCUT2D eigenvalue weighted by molar-refractivity contribution is 6.34. The first-order valence-electron chi connectivity index (χ1n) is 9.45. The molecule has 1 N–H and O–H groups in total. The molecule has 0 aliphatic carbocycles. The van der Waals surface area contributed by atoms with Gasteiger partial charge in [0, 0.05) is 17.7 Å². The number of methoxy groups -OCH3 is 2. The van der Waals surface area contributed by atoms with E-state index in [1.807, 2.05) is 44.2 Å². The summed E-state index contributed by atoms with van der Waals surface area (Å²) in [6.45, 7) is 5.12. The largest absolute Gasteiger partial charge is 0.497 e. The van der Waals surface area contributed by atoms with Gasteiger partial charge in [0.15, 0.2) is 0 Å². The van der Waals surface area contributed by atoms with Crippen molar-refractivity contribution in [3.8, 4) is 11.5 Å². The number of rotatable bonds is 6. The molecule has 28 heavy (non-hydrogen) atoms. The molecule has 0 bridgehead atoms. The Labute approximate surface area is 171 Å². The highest BCUT2D eigenvalue weighted by atomic mass is 35.5. The molecule has 1 fully saturated rings. The molecular weight excluding hydrogens is 376 g/mol. The van der Waals surface area contributed by atoms with Gasteiger partial charge in [-0.05, 0) is 56.5 Å². The van der Waals surface area contributed by atoms with E-state index in [4.69, 9.17) is 21.1 Å². The van der Waals surface area contributed by atoms with Crippen molar-refractivity contribution in [3.63, 3.8) is 0 Å². The molecule has 0 unspecified atom stereocenters. The second-order valence-electron chi connectivity index (χ2n) is 7.22. The van der Waals surface area contributed by atoms with E-state index in [0.29, 0.717) is 17.3 Å². The van der Waals surface area contributed by atoms with Crippen molar-refractivity contribution in [1.29, 1.82) is 0 Å². The molecule has 0 spiro atoms. The number of amides is 1. The summed E-state index contributed by atoms with van der Waals surface area (Å²) >= 11 is 6.33. The van der Waals surface area contributed by atoms with Gasteiger partial charge in [0.1, 0.15) is 11.5 Å². The quantitative estimate of drug-likeness (QED) is 0.757. The molecule has 0 aromatic heterocycles. The summed E-state index contributed by atoms with van der Waals surface area (Å²) in [6.07, 6.45) is 2.03. The molecule has 1 aliphatic rings. The predicted octanol–water partition coefficient (Wildman–Crippen LogP) is 4.75. The summed E-state index contributed by atoms with van der Waals surface area (Å²) in [4.78, 5) is 14.9. The number of carbonyl (C=O) groups excluding carboxylic acids is 1. The molecule has 0 saturated carbocycles. The normalized spacial score (nSPS) is 16.8. The fourth-order valence-corrected chi connectivity index (χ4v) is 4.27. The topological polar surface area (TPSA) is 50.8 Å². The van der Waals surface area contributed by atoms with Crippen molar-refractivity contribution < 1.29 is 14.3 Å². The minimum atomic E-state index is -0.0618. The fraction of sp³-hybridized carbons (Fsp3) is 0.409. The molecule has 5 nitrogen and oxygen atoms in total. The smallest absolute Gasteiger partial charge is 0.238 e. The maximum atomic E-state index is 12.7. The van der Waals surface area contributed by atoms with Crippen LogP contribution in [0.25, 0.3) is 0 Å². The summed E-state index contributed by atoms with van der Waals surface area (Å²) < 4.78 is 10.9. The standard InChI is InChI=1S/C22H27ClN2O3/c1-14-10-15(2)22(18(23)11-14)24-21(26)13-25-9-5-6-19(25)17-8-7-16(27-3)12-20(17)28-4/h7-8,10-12,19H,5-6,9,13H2,1-4H3,(H,24,26)/t19-/m1/s1. The number of benzene rings is 2. The Hall–Kier alpha value is -2.24. The molecule has 1 heterocycles. The van der Waals surface area contributed by atoms with Crippen LogP contribution in [0.15, 0.2) is 30.3 Å². The van der Waals surface area contributed by atoms with Gasteiger partial charge in [-0.15, -0.1) is 0 Å². The van der Waals surface area contributed by atoms with Crippen molar-refractivity contribution in [3.05, 3.63) is 52.0 Å². The molecule has 1 atom stereocenters. The molecule has 6 heteroatoms. The first-order valence-corrected chi connectivity index (χ1v) is 9.83. The van der Waals surface area contributed by atoms with Crippen LogP contribution < -0.4 is 14.8 Å². The highest BCUT2D eigenvalue weighted by Crippen LogP contribution is 2.38. The molecule has 2 aromatic carbocycles. The average Bonchev–Trinajstić information content (AvgIpc) is 3.11. The lowest BCUT2D eigenvalue weighted by Crippen LogP contribution is -2.33. The zero-order valence-corrected chi connectivity index (χ0v) is 17.6. The molecule has 150 valence electrons. The third-order valence-electron chi connectivity index (χ3n) is 5.21. The Balaban J connectivity index is 1.75. The minimum absolute atomic E-state index is 0.0618. The second-order valence-corrected chi connectivity index (χ2v) is 7.63. The lowest BCUT2D eigenvalue weighted by Gasteiger charge is -2.26. The molecule has 1 saturated heterocycles. The van der Waals surface area contributed by atoms with Crippen molar-refractivity contribution in [2.75, 3.05) is 32.6 Å². The van der Waals surface area contributed by atoms with Crippen LogP contribution in [0.2, 0.25) is 5.02 Å². The van der Waals surface area contributed by atoms with Crippen molar-refractivity contribution in [1.82, 2.24) is 4.90 Å². The van der Waals surface area contributed by atoms with Gasteiger partial charge in [-0.25, -0.2) is 0 Å². The van der Waals surface area contributed by atoms with Crippen LogP contribution in [0.4, 0.5) is 5.69 Å². The number of aryl methyl sites for hydroxylation is 2. The van der Waals surface area contributed by atoms with Gasteiger partial charge < -0.3 is 14.8 Å². The zero-order valence-electron chi connectivity index (χ0n) is 16.8. The number of hydrogen-bond acceptors (Lipinski definition) is 4. The van der Waals surface area contributed by atoms with Crippen molar-refractivity contribution in [2.45, 2.75) is 32.7 Å². The number of anilines is 1. The summed E-state index contributed by atoms with van der Waals surface area (Å²) in [7, 11) is 3.30. The van der Waals surface area contributed by atoms with Crippen LogP contribution in [0.1, 0.15) is 35.6 Å². The van der Waals surface area contributed by atoms with Gasteiger partial charge >= 0.3 is 0 Å². The second kappa shape index (κ2) is 8.84. The maximum absolute atomic E-state index is 12.7.